The lowest BCUT2D eigenvalue weighted by molar-refractivity contribution is 0.0252. The Hall–Kier alpha value is -4.49. The van der Waals surface area contributed by atoms with Crippen LogP contribution < -0.4 is 10.6 Å². The number of carbonyl (C=O) groups excluding carboxylic acids is 1. The molecule has 2 amide bonds. The zero-order chi connectivity index (χ0) is 28.0. The third-order valence-corrected chi connectivity index (χ3v) is 6.89. The highest BCUT2D eigenvalue weighted by atomic mass is 19.1. The van der Waals surface area contributed by atoms with Crippen molar-refractivity contribution < 1.29 is 19.1 Å². The molecule has 0 radical (unpaired) electrons. The van der Waals surface area contributed by atoms with Crippen molar-refractivity contribution in [2.45, 2.75) is 18.9 Å². The molecule has 1 atom stereocenters. The van der Waals surface area contributed by atoms with Gasteiger partial charge in [-0.25, -0.2) is 14.2 Å². The van der Waals surface area contributed by atoms with Gasteiger partial charge in [-0.3, -0.25) is 9.69 Å². The van der Waals surface area contributed by atoms with Gasteiger partial charge in [-0.1, -0.05) is 30.3 Å². The zero-order valence-electron chi connectivity index (χ0n) is 21.9. The Kier molecular flexibility index (Phi) is 8.42. The molecule has 202 valence electrons. The van der Waals surface area contributed by atoms with Crippen molar-refractivity contribution in [2.24, 2.45) is 0 Å². The number of benzene rings is 2. The number of amides is 2. The van der Waals surface area contributed by atoms with Gasteiger partial charge in [0.05, 0.1) is 28.4 Å². The Bertz CT molecular complexity index is 1410. The van der Waals surface area contributed by atoms with Gasteiger partial charge in [-0.05, 0) is 56.3 Å². The first kappa shape index (κ1) is 27.5. The number of anilines is 1. The molecule has 1 aliphatic heterocycles. The van der Waals surface area contributed by atoms with Crippen molar-refractivity contribution in [3.05, 3.63) is 83.2 Å². The topological polar surface area (TPSA) is 122 Å². The molecule has 1 aliphatic rings. The average Bonchev–Trinajstić information content (AvgIpc) is 2.91. The fraction of sp³-hybridized carbons (Fsp3) is 0.310. The summed E-state index contributed by atoms with van der Waals surface area (Å²) in [6.45, 7) is 3.75. The molecule has 2 heterocycles. The molecule has 0 saturated carbocycles. The van der Waals surface area contributed by atoms with E-state index in [2.05, 4.69) is 21.7 Å². The summed E-state index contributed by atoms with van der Waals surface area (Å²) >= 11 is 0. The number of carbonyl (C=O) groups is 2. The molecular formula is C29H31FN6O3. The second-order valence-corrected chi connectivity index (χ2v) is 9.91. The normalized spacial score (nSPS) is 17.3. The largest absolute Gasteiger partial charge is 0.465 e. The van der Waals surface area contributed by atoms with Crippen molar-refractivity contribution in [1.29, 1.82) is 5.26 Å². The Morgan fingerprint density at radius 2 is 1.95 bits per heavy atom. The number of halogens is 1. The maximum atomic E-state index is 13.6. The molecule has 10 heteroatoms. The molecule has 0 bridgehead atoms. The lowest BCUT2D eigenvalue weighted by Gasteiger charge is -2.46. The van der Waals surface area contributed by atoms with Gasteiger partial charge in [0.1, 0.15) is 11.6 Å². The van der Waals surface area contributed by atoms with Gasteiger partial charge in [0.2, 0.25) is 0 Å². The summed E-state index contributed by atoms with van der Waals surface area (Å²) in [5, 5.41) is 25.3. The fourth-order valence-electron chi connectivity index (χ4n) is 4.88. The number of hydrogen-bond acceptors (Lipinski definition) is 6. The number of aromatic nitrogens is 1. The standard InChI is InChI=1S/C29H31FN6O3/c1-29(19-35(2)14-15-36(29)28(38)39)18-33-27(37)24-10-11-25(23-9-4-3-7-21(23)17-31)34-26(24)32-13-12-20-6-5-8-22(30)16-20/h3-11,16H,12-15,18-19H2,1-2H3,(H,32,34)(H,33,37)(H,38,39)/t29-/m0/s1. The van der Waals surface area contributed by atoms with Crippen LogP contribution in [0.2, 0.25) is 0 Å². The van der Waals surface area contributed by atoms with Crippen molar-refractivity contribution in [2.75, 3.05) is 45.1 Å². The van der Waals surface area contributed by atoms with Crippen molar-refractivity contribution in [3.8, 4) is 17.3 Å². The van der Waals surface area contributed by atoms with Crippen molar-refractivity contribution in [3.63, 3.8) is 0 Å². The van der Waals surface area contributed by atoms with E-state index < -0.39 is 17.5 Å². The minimum Gasteiger partial charge on any atom is -0.465 e. The highest BCUT2D eigenvalue weighted by molar-refractivity contribution is 5.99. The lowest BCUT2D eigenvalue weighted by Crippen LogP contribution is -2.65. The molecule has 1 saturated heterocycles. The predicted molar refractivity (Wildman–Crippen MR) is 146 cm³/mol. The number of hydrogen-bond donors (Lipinski definition) is 3. The lowest BCUT2D eigenvalue weighted by atomic mass is 9.96. The number of nitriles is 1. The molecule has 0 unspecified atom stereocenters. The number of piperazine rings is 1. The molecule has 4 rings (SSSR count). The number of rotatable bonds is 8. The first-order valence-corrected chi connectivity index (χ1v) is 12.7. The van der Waals surface area contributed by atoms with E-state index in [1.807, 2.05) is 31.0 Å². The van der Waals surface area contributed by atoms with E-state index in [0.29, 0.717) is 55.2 Å². The third kappa shape index (κ3) is 6.51. The van der Waals surface area contributed by atoms with Gasteiger partial charge in [-0.15, -0.1) is 0 Å². The summed E-state index contributed by atoms with van der Waals surface area (Å²) in [7, 11) is 1.92. The SMILES string of the molecule is CN1CCN(C(=O)O)[C@@](C)(CNC(=O)c2ccc(-c3ccccc3C#N)nc2NCCc2cccc(F)c2)C1. The summed E-state index contributed by atoms with van der Waals surface area (Å²) in [5.41, 5.74) is 1.88. The third-order valence-electron chi connectivity index (χ3n) is 6.89. The minimum absolute atomic E-state index is 0.115. The van der Waals surface area contributed by atoms with Crippen LogP contribution in [0.1, 0.15) is 28.4 Å². The highest BCUT2D eigenvalue weighted by Gasteiger charge is 2.40. The first-order valence-electron chi connectivity index (χ1n) is 12.7. The Morgan fingerprint density at radius 1 is 1.15 bits per heavy atom. The second kappa shape index (κ2) is 11.9. The highest BCUT2D eigenvalue weighted by Crippen LogP contribution is 2.26. The minimum atomic E-state index is -1.03. The maximum absolute atomic E-state index is 13.6. The molecule has 1 fully saturated rings. The van der Waals surface area contributed by atoms with Gasteiger partial charge in [-0.2, -0.15) is 5.26 Å². The Balaban J connectivity index is 1.58. The summed E-state index contributed by atoms with van der Waals surface area (Å²) in [6, 6.07) is 18.9. The smallest absolute Gasteiger partial charge is 0.407 e. The van der Waals surface area contributed by atoms with Crippen LogP contribution in [-0.4, -0.2) is 77.2 Å². The van der Waals surface area contributed by atoms with E-state index in [9.17, 15) is 24.3 Å². The van der Waals surface area contributed by atoms with E-state index in [-0.39, 0.29) is 17.9 Å². The summed E-state index contributed by atoms with van der Waals surface area (Å²) in [4.78, 5) is 33.3. The van der Waals surface area contributed by atoms with Crippen molar-refractivity contribution >= 4 is 17.8 Å². The number of carboxylic acid groups (broad SMARTS) is 1. The molecule has 0 aliphatic carbocycles. The van der Waals surface area contributed by atoms with Crippen LogP contribution in [0.3, 0.4) is 0 Å². The van der Waals surface area contributed by atoms with Crippen LogP contribution in [-0.2, 0) is 6.42 Å². The predicted octanol–water partition coefficient (Wildman–Crippen LogP) is 3.83. The van der Waals surface area contributed by atoms with E-state index in [4.69, 9.17) is 0 Å². The number of likely N-dealkylation sites (N-methyl/N-ethyl adjacent to an activating group) is 1. The first-order chi connectivity index (χ1) is 18.7. The number of nitrogens with zero attached hydrogens (tertiary/aromatic N) is 4. The van der Waals surface area contributed by atoms with E-state index in [1.165, 1.54) is 17.0 Å². The molecular weight excluding hydrogens is 499 g/mol. The van der Waals surface area contributed by atoms with Gasteiger partial charge in [0, 0.05) is 38.3 Å². The maximum Gasteiger partial charge on any atom is 0.407 e. The van der Waals surface area contributed by atoms with Crippen LogP contribution in [0.15, 0.2) is 60.7 Å². The summed E-state index contributed by atoms with van der Waals surface area (Å²) in [6.07, 6.45) is -0.529. The Morgan fingerprint density at radius 3 is 2.69 bits per heavy atom. The quantitative estimate of drug-likeness (QED) is 0.405. The van der Waals surface area contributed by atoms with Crippen LogP contribution in [0, 0.1) is 17.1 Å². The van der Waals surface area contributed by atoms with E-state index in [1.54, 1.807) is 36.4 Å². The van der Waals surface area contributed by atoms with Crippen LogP contribution in [0.25, 0.3) is 11.3 Å². The molecule has 0 spiro atoms. The van der Waals surface area contributed by atoms with E-state index >= 15 is 0 Å². The van der Waals surface area contributed by atoms with Crippen molar-refractivity contribution in [1.82, 2.24) is 20.1 Å². The average molecular weight is 531 g/mol. The van der Waals surface area contributed by atoms with Gasteiger partial charge >= 0.3 is 6.09 Å². The molecule has 3 N–H and O–H groups in total. The van der Waals surface area contributed by atoms with Crippen LogP contribution in [0.4, 0.5) is 15.0 Å². The van der Waals surface area contributed by atoms with Gasteiger partial charge in [0.15, 0.2) is 0 Å². The van der Waals surface area contributed by atoms with Gasteiger partial charge in [0.25, 0.3) is 5.91 Å². The molecule has 3 aromatic rings. The second-order valence-electron chi connectivity index (χ2n) is 9.91. The molecule has 39 heavy (non-hydrogen) atoms. The van der Waals surface area contributed by atoms with Crippen LogP contribution >= 0.6 is 0 Å². The molecule has 1 aromatic heterocycles. The number of pyridine rings is 1. The van der Waals surface area contributed by atoms with E-state index in [0.717, 1.165) is 5.56 Å². The summed E-state index contributed by atoms with van der Waals surface area (Å²) in [5.74, 6) is -0.413. The molecule has 2 aromatic carbocycles. The van der Waals surface area contributed by atoms with Gasteiger partial charge < -0.3 is 20.6 Å². The zero-order valence-corrected chi connectivity index (χ0v) is 21.9. The monoisotopic (exact) mass is 530 g/mol. The van der Waals surface area contributed by atoms with Crippen LogP contribution in [0.5, 0.6) is 0 Å². The number of nitrogens with one attached hydrogen (secondary N) is 2. The Labute approximate surface area is 226 Å². The summed E-state index contributed by atoms with van der Waals surface area (Å²) < 4.78 is 13.6. The molecule has 9 nitrogen and oxygen atoms in total. The fourth-order valence-corrected chi connectivity index (χ4v) is 4.88.